The summed E-state index contributed by atoms with van der Waals surface area (Å²) in [6.07, 6.45) is 7.10. The number of aliphatic hydroxyl groups excluding tert-OH is 1. The van der Waals surface area contributed by atoms with Gasteiger partial charge in [0.25, 0.3) is 0 Å². The maximum Gasteiger partial charge on any atom is 0.155 e. The molecular formula is C28H27N7OS. The van der Waals surface area contributed by atoms with Gasteiger partial charge in [-0.2, -0.15) is 16.4 Å². The van der Waals surface area contributed by atoms with Crippen LogP contribution in [-0.4, -0.2) is 41.5 Å². The third-order valence-electron chi connectivity index (χ3n) is 6.25. The second-order valence-electron chi connectivity index (χ2n) is 10.4. The van der Waals surface area contributed by atoms with E-state index < -0.39 is 6.23 Å². The van der Waals surface area contributed by atoms with Crippen LogP contribution in [0.15, 0.2) is 65.9 Å². The Morgan fingerprint density at radius 1 is 0.973 bits per heavy atom. The molecule has 0 fully saturated rings. The summed E-state index contributed by atoms with van der Waals surface area (Å²) in [4.78, 5) is 17.0. The van der Waals surface area contributed by atoms with Crippen LogP contribution in [0.5, 0.6) is 0 Å². The Morgan fingerprint density at radius 2 is 1.84 bits per heavy atom. The summed E-state index contributed by atoms with van der Waals surface area (Å²) in [6.45, 7) is 6.30. The molecule has 0 radical (unpaired) electrons. The van der Waals surface area contributed by atoms with Gasteiger partial charge in [-0.15, -0.1) is 0 Å². The zero-order valence-corrected chi connectivity index (χ0v) is 21.6. The summed E-state index contributed by atoms with van der Waals surface area (Å²) < 4.78 is 0. The molecule has 6 aromatic rings. The van der Waals surface area contributed by atoms with Gasteiger partial charge in [0.1, 0.15) is 17.6 Å². The number of aromatic amines is 2. The second kappa shape index (κ2) is 9.10. The SMILES string of the molecule is CC(C)(C)CC(O)Nc1cncc(-c2cnc3[nH]nc(-c4cc5c(-c6ccsc6)ccnc5[nH]4)c3c2)c1. The van der Waals surface area contributed by atoms with Gasteiger partial charge in [-0.05, 0) is 64.1 Å². The summed E-state index contributed by atoms with van der Waals surface area (Å²) in [5.74, 6) is 0. The molecule has 1 atom stereocenters. The van der Waals surface area contributed by atoms with Crippen molar-refractivity contribution in [2.24, 2.45) is 5.41 Å². The first-order valence-corrected chi connectivity index (χ1v) is 13.0. The lowest BCUT2D eigenvalue weighted by Crippen LogP contribution is -2.25. The van der Waals surface area contributed by atoms with Crippen molar-refractivity contribution in [3.8, 4) is 33.6 Å². The minimum atomic E-state index is -0.660. The molecule has 9 heteroatoms. The van der Waals surface area contributed by atoms with Gasteiger partial charge in [0.15, 0.2) is 5.65 Å². The van der Waals surface area contributed by atoms with Gasteiger partial charge in [-0.25, -0.2) is 9.97 Å². The van der Waals surface area contributed by atoms with Crippen LogP contribution < -0.4 is 5.32 Å². The lowest BCUT2D eigenvalue weighted by Gasteiger charge is -2.23. The molecule has 0 bridgehead atoms. The van der Waals surface area contributed by atoms with Gasteiger partial charge in [0, 0.05) is 40.5 Å². The molecule has 0 saturated heterocycles. The largest absolute Gasteiger partial charge is 0.374 e. The van der Waals surface area contributed by atoms with Crippen molar-refractivity contribution in [1.29, 1.82) is 0 Å². The second-order valence-corrected chi connectivity index (χ2v) is 11.2. The number of anilines is 1. The highest BCUT2D eigenvalue weighted by Gasteiger charge is 2.18. The molecule has 0 aliphatic heterocycles. The van der Waals surface area contributed by atoms with Gasteiger partial charge in [0.05, 0.1) is 17.6 Å². The van der Waals surface area contributed by atoms with Crippen LogP contribution in [-0.2, 0) is 0 Å². The Hall–Kier alpha value is -4.08. The standard InChI is InChI=1S/C28H27N7OS/c1-28(2,3)11-24(36)32-19-8-17(12-29-14-19)18-9-22-25(34-35-27(22)31-13-18)23-10-21-20(16-5-7-37-15-16)4-6-30-26(21)33-23/h4-10,12-15,24,32,36H,11H2,1-3H3,(H,30,33)(H,31,34,35). The van der Waals surface area contributed by atoms with Gasteiger partial charge in [-0.3, -0.25) is 10.1 Å². The van der Waals surface area contributed by atoms with E-state index in [0.717, 1.165) is 50.2 Å². The fourth-order valence-electron chi connectivity index (χ4n) is 4.59. The molecule has 37 heavy (non-hydrogen) atoms. The number of nitrogens with zero attached hydrogens (tertiary/aromatic N) is 4. The summed E-state index contributed by atoms with van der Waals surface area (Å²) in [5.41, 5.74) is 8.04. The van der Waals surface area contributed by atoms with E-state index in [1.54, 1.807) is 29.9 Å². The molecule has 4 N–H and O–H groups in total. The Kier molecular flexibility index (Phi) is 5.73. The van der Waals surface area contributed by atoms with E-state index in [1.807, 2.05) is 18.3 Å². The number of H-pyrrole nitrogens is 2. The number of nitrogens with one attached hydrogen (secondary N) is 3. The van der Waals surface area contributed by atoms with E-state index in [9.17, 15) is 5.11 Å². The maximum atomic E-state index is 10.4. The molecule has 0 spiro atoms. The maximum absolute atomic E-state index is 10.4. The van der Waals surface area contributed by atoms with E-state index in [1.165, 1.54) is 5.56 Å². The average molecular weight is 510 g/mol. The molecule has 0 aliphatic rings. The minimum absolute atomic E-state index is 0.00665. The number of aromatic nitrogens is 6. The fourth-order valence-corrected chi connectivity index (χ4v) is 5.25. The van der Waals surface area contributed by atoms with Crippen molar-refractivity contribution in [2.75, 3.05) is 5.32 Å². The first-order chi connectivity index (χ1) is 17.8. The summed E-state index contributed by atoms with van der Waals surface area (Å²) >= 11 is 1.68. The number of hydrogen-bond acceptors (Lipinski definition) is 7. The number of pyridine rings is 3. The van der Waals surface area contributed by atoms with Crippen molar-refractivity contribution in [1.82, 2.24) is 30.1 Å². The fraction of sp³-hybridized carbons (Fsp3) is 0.214. The molecule has 186 valence electrons. The lowest BCUT2D eigenvalue weighted by atomic mass is 9.91. The highest BCUT2D eigenvalue weighted by Crippen LogP contribution is 2.35. The number of hydrogen-bond donors (Lipinski definition) is 4. The predicted octanol–water partition coefficient (Wildman–Crippen LogP) is 6.46. The van der Waals surface area contributed by atoms with Crippen molar-refractivity contribution < 1.29 is 5.11 Å². The molecule has 0 aromatic carbocycles. The first kappa shape index (κ1) is 23.3. The van der Waals surface area contributed by atoms with Gasteiger partial charge in [-0.1, -0.05) is 20.8 Å². The molecule has 8 nitrogen and oxygen atoms in total. The van der Waals surface area contributed by atoms with Crippen LogP contribution in [0.3, 0.4) is 0 Å². The monoisotopic (exact) mass is 509 g/mol. The van der Waals surface area contributed by atoms with Crippen LogP contribution in [0.25, 0.3) is 55.7 Å². The van der Waals surface area contributed by atoms with Crippen LogP contribution in [0.4, 0.5) is 5.69 Å². The van der Waals surface area contributed by atoms with Crippen LogP contribution >= 0.6 is 11.3 Å². The summed E-state index contributed by atoms with van der Waals surface area (Å²) in [6, 6.07) is 10.3. The Labute approximate surface area is 217 Å². The van der Waals surface area contributed by atoms with Crippen molar-refractivity contribution in [2.45, 2.75) is 33.4 Å². The van der Waals surface area contributed by atoms with E-state index in [-0.39, 0.29) is 5.41 Å². The highest BCUT2D eigenvalue weighted by molar-refractivity contribution is 7.08. The molecule has 0 amide bonds. The van der Waals surface area contributed by atoms with E-state index >= 15 is 0 Å². The Balaban J connectivity index is 1.36. The number of rotatable bonds is 6. The third-order valence-corrected chi connectivity index (χ3v) is 6.93. The smallest absolute Gasteiger partial charge is 0.155 e. The quantitative estimate of drug-likeness (QED) is 0.192. The number of fused-ring (bicyclic) bond motifs is 2. The predicted molar refractivity (Wildman–Crippen MR) is 149 cm³/mol. The average Bonchev–Trinajstić information content (AvgIpc) is 3.61. The molecule has 1 unspecified atom stereocenters. The minimum Gasteiger partial charge on any atom is -0.374 e. The van der Waals surface area contributed by atoms with Crippen molar-refractivity contribution >= 4 is 39.1 Å². The molecule has 0 aliphatic carbocycles. The lowest BCUT2D eigenvalue weighted by molar-refractivity contribution is 0.145. The van der Waals surface area contributed by atoms with E-state index in [0.29, 0.717) is 12.1 Å². The Morgan fingerprint density at radius 3 is 2.65 bits per heavy atom. The van der Waals surface area contributed by atoms with E-state index in [4.69, 9.17) is 0 Å². The number of aliphatic hydroxyl groups is 1. The van der Waals surface area contributed by atoms with Gasteiger partial charge < -0.3 is 15.4 Å². The molecular weight excluding hydrogens is 482 g/mol. The van der Waals surface area contributed by atoms with Crippen molar-refractivity contribution in [3.63, 3.8) is 0 Å². The summed E-state index contributed by atoms with van der Waals surface area (Å²) in [7, 11) is 0. The van der Waals surface area contributed by atoms with Crippen molar-refractivity contribution in [3.05, 3.63) is 65.9 Å². The van der Waals surface area contributed by atoms with E-state index in [2.05, 4.69) is 85.2 Å². The zero-order valence-electron chi connectivity index (χ0n) is 20.8. The highest BCUT2D eigenvalue weighted by atomic mass is 32.1. The van der Waals surface area contributed by atoms with Gasteiger partial charge >= 0.3 is 0 Å². The molecule has 6 rings (SSSR count). The molecule has 6 heterocycles. The molecule has 6 aromatic heterocycles. The first-order valence-electron chi connectivity index (χ1n) is 12.1. The van der Waals surface area contributed by atoms with Crippen LogP contribution in [0.1, 0.15) is 27.2 Å². The van der Waals surface area contributed by atoms with Gasteiger partial charge in [0.2, 0.25) is 0 Å². The summed E-state index contributed by atoms with van der Waals surface area (Å²) in [5, 5.41) is 27.4. The van der Waals surface area contributed by atoms with Crippen LogP contribution in [0, 0.1) is 5.41 Å². The third kappa shape index (κ3) is 4.71. The van der Waals surface area contributed by atoms with Crippen LogP contribution in [0.2, 0.25) is 0 Å². The Bertz CT molecular complexity index is 1700. The molecule has 0 saturated carbocycles. The topological polar surface area (TPSA) is 115 Å². The normalized spacial score (nSPS) is 12.9. The zero-order chi connectivity index (χ0) is 25.6. The number of thiophene rings is 1.